The minimum Gasteiger partial charge on any atom is -0.370 e. The van der Waals surface area contributed by atoms with Gasteiger partial charge in [0.25, 0.3) is 0 Å². The first-order chi connectivity index (χ1) is 16.8. The second-order valence-corrected chi connectivity index (χ2v) is 11.7. The van der Waals surface area contributed by atoms with Crippen LogP contribution in [0.15, 0.2) is 53.4 Å². The monoisotopic (exact) mass is 539 g/mol. The molecule has 2 aromatic carbocycles. The average molecular weight is 541 g/mol. The summed E-state index contributed by atoms with van der Waals surface area (Å²) < 4.78 is 34.1. The quantitative estimate of drug-likeness (QED) is 0.530. The second kappa shape index (κ2) is 11.6. The van der Waals surface area contributed by atoms with Crippen LogP contribution in [0.25, 0.3) is 0 Å². The van der Waals surface area contributed by atoms with E-state index < -0.39 is 10.0 Å². The highest BCUT2D eigenvalue weighted by molar-refractivity contribution is 7.89. The molecule has 4 rings (SSSR count). The molecule has 0 radical (unpaired) electrons. The number of amides is 1. The normalized spacial score (nSPS) is 22.3. The first kappa shape index (κ1) is 26.4. The van der Waals surface area contributed by atoms with Crippen LogP contribution in [0.3, 0.4) is 0 Å². The maximum Gasteiger partial charge on any atom is 0.249 e. The number of hydrogen-bond donors (Lipinski definition) is 0. The van der Waals surface area contributed by atoms with Crippen molar-refractivity contribution >= 4 is 39.1 Å². The molecule has 2 aliphatic rings. The van der Waals surface area contributed by atoms with Gasteiger partial charge in [-0.1, -0.05) is 66.0 Å². The van der Waals surface area contributed by atoms with Gasteiger partial charge in [-0.3, -0.25) is 4.79 Å². The second-order valence-electron chi connectivity index (χ2n) is 9.11. The summed E-state index contributed by atoms with van der Waals surface area (Å²) in [6.45, 7) is 2.57. The van der Waals surface area contributed by atoms with Gasteiger partial charge in [-0.25, -0.2) is 8.42 Å². The molecule has 2 aliphatic heterocycles. The third-order valence-electron chi connectivity index (χ3n) is 6.68. The SMILES string of the molecule is CN1CCN(C(=O)COCC2CCCCN2S(=O)(=O)c2c(Cl)cccc2Cl)C(c2ccccc2)C1. The molecule has 0 spiro atoms. The molecular formula is C25H31Cl2N3O4S. The van der Waals surface area contributed by atoms with E-state index >= 15 is 0 Å². The van der Waals surface area contributed by atoms with Crippen molar-refractivity contribution in [3.8, 4) is 0 Å². The third-order valence-corrected chi connectivity index (χ3v) is 9.59. The Morgan fingerprint density at radius 2 is 1.71 bits per heavy atom. The molecule has 0 aliphatic carbocycles. The number of likely N-dealkylation sites (N-methyl/N-ethyl adjacent to an activating group) is 1. The largest absolute Gasteiger partial charge is 0.370 e. The molecule has 2 fully saturated rings. The van der Waals surface area contributed by atoms with Gasteiger partial charge in [0, 0.05) is 32.2 Å². The van der Waals surface area contributed by atoms with E-state index in [0.717, 1.165) is 31.5 Å². The summed E-state index contributed by atoms with van der Waals surface area (Å²) in [5, 5.41) is 0.194. The van der Waals surface area contributed by atoms with Gasteiger partial charge in [0.15, 0.2) is 0 Å². The number of benzene rings is 2. The van der Waals surface area contributed by atoms with Crippen molar-refractivity contribution in [2.75, 3.05) is 46.4 Å². The number of piperidine rings is 1. The van der Waals surface area contributed by atoms with Gasteiger partial charge in [-0.15, -0.1) is 0 Å². The number of carbonyl (C=O) groups is 1. The first-order valence-corrected chi connectivity index (χ1v) is 14.0. The molecule has 1 amide bonds. The molecule has 2 unspecified atom stereocenters. The number of hydrogen-bond acceptors (Lipinski definition) is 5. The molecule has 7 nitrogen and oxygen atoms in total. The van der Waals surface area contributed by atoms with E-state index in [0.29, 0.717) is 19.5 Å². The molecule has 2 aromatic rings. The van der Waals surface area contributed by atoms with Crippen LogP contribution < -0.4 is 0 Å². The number of halogens is 2. The lowest BCUT2D eigenvalue weighted by Crippen LogP contribution is -2.51. The van der Waals surface area contributed by atoms with Gasteiger partial charge >= 0.3 is 0 Å². The zero-order valence-corrected chi connectivity index (χ0v) is 22.1. The summed E-state index contributed by atoms with van der Waals surface area (Å²) >= 11 is 12.4. The fraction of sp³-hybridized carbons (Fsp3) is 0.480. The summed E-state index contributed by atoms with van der Waals surface area (Å²) in [4.78, 5) is 17.1. The van der Waals surface area contributed by atoms with E-state index in [1.807, 2.05) is 35.2 Å². The molecular weight excluding hydrogens is 509 g/mol. The van der Waals surface area contributed by atoms with Crippen molar-refractivity contribution in [2.45, 2.75) is 36.2 Å². The zero-order valence-electron chi connectivity index (χ0n) is 19.8. The number of rotatable bonds is 7. The van der Waals surface area contributed by atoms with Crippen LogP contribution >= 0.6 is 23.2 Å². The van der Waals surface area contributed by atoms with Crippen molar-refractivity contribution in [3.63, 3.8) is 0 Å². The first-order valence-electron chi connectivity index (χ1n) is 11.9. The van der Waals surface area contributed by atoms with Gasteiger partial charge < -0.3 is 14.5 Å². The lowest BCUT2D eigenvalue weighted by molar-refractivity contribution is -0.141. The highest BCUT2D eigenvalue weighted by atomic mass is 35.5. The molecule has 2 saturated heterocycles. The van der Waals surface area contributed by atoms with E-state index in [4.69, 9.17) is 27.9 Å². The molecule has 0 bridgehead atoms. The molecule has 2 heterocycles. The number of carbonyl (C=O) groups excluding carboxylic acids is 1. The third kappa shape index (κ3) is 6.01. The van der Waals surface area contributed by atoms with Gasteiger partial charge in [-0.2, -0.15) is 4.31 Å². The van der Waals surface area contributed by atoms with Crippen molar-refractivity contribution in [1.82, 2.24) is 14.1 Å². The van der Waals surface area contributed by atoms with E-state index in [1.54, 1.807) is 6.07 Å². The maximum atomic E-state index is 13.4. The van der Waals surface area contributed by atoms with E-state index in [9.17, 15) is 13.2 Å². The summed E-state index contributed by atoms with van der Waals surface area (Å²) in [5.41, 5.74) is 1.09. The predicted octanol–water partition coefficient (Wildman–Crippen LogP) is 4.07. The van der Waals surface area contributed by atoms with E-state index in [-0.39, 0.29) is 46.1 Å². The lowest BCUT2D eigenvalue weighted by Gasteiger charge is -2.40. The van der Waals surface area contributed by atoms with Crippen molar-refractivity contribution in [2.24, 2.45) is 0 Å². The van der Waals surface area contributed by atoms with Crippen LogP contribution in [-0.4, -0.2) is 80.9 Å². The Morgan fingerprint density at radius 1 is 1.00 bits per heavy atom. The molecule has 0 saturated carbocycles. The Morgan fingerprint density at radius 3 is 2.43 bits per heavy atom. The Kier molecular flexibility index (Phi) is 8.73. The number of ether oxygens (including phenoxy) is 1. The Balaban J connectivity index is 1.42. The number of piperazine rings is 1. The predicted molar refractivity (Wildman–Crippen MR) is 137 cm³/mol. The van der Waals surface area contributed by atoms with Gasteiger partial charge in [-0.05, 0) is 37.6 Å². The summed E-state index contributed by atoms with van der Waals surface area (Å²) in [6.07, 6.45) is 2.28. The molecule has 0 aromatic heterocycles. The molecule has 10 heteroatoms. The van der Waals surface area contributed by atoms with Gasteiger partial charge in [0.05, 0.1) is 22.7 Å². The summed E-state index contributed by atoms with van der Waals surface area (Å²) in [7, 11) is -1.85. The van der Waals surface area contributed by atoms with Gasteiger partial charge in [0.1, 0.15) is 11.5 Å². The molecule has 0 N–H and O–H groups in total. The summed E-state index contributed by atoms with van der Waals surface area (Å²) in [5.74, 6) is -0.0914. The molecule has 2 atom stereocenters. The Labute approximate surface area is 217 Å². The highest BCUT2D eigenvalue weighted by Gasteiger charge is 2.36. The fourth-order valence-electron chi connectivity index (χ4n) is 4.85. The van der Waals surface area contributed by atoms with Crippen LogP contribution in [0.2, 0.25) is 10.0 Å². The van der Waals surface area contributed by atoms with Crippen LogP contribution in [0, 0.1) is 0 Å². The number of sulfonamides is 1. The van der Waals surface area contributed by atoms with Crippen LogP contribution in [-0.2, 0) is 19.6 Å². The maximum absolute atomic E-state index is 13.4. The molecule has 190 valence electrons. The van der Waals surface area contributed by atoms with Gasteiger partial charge in [0.2, 0.25) is 15.9 Å². The minimum absolute atomic E-state index is 0.0417. The fourth-order valence-corrected chi connectivity index (χ4v) is 7.62. The van der Waals surface area contributed by atoms with Crippen LogP contribution in [0.1, 0.15) is 30.9 Å². The van der Waals surface area contributed by atoms with Crippen molar-refractivity contribution in [1.29, 1.82) is 0 Å². The smallest absolute Gasteiger partial charge is 0.249 e. The van der Waals surface area contributed by atoms with E-state index in [1.165, 1.54) is 16.4 Å². The zero-order chi connectivity index (χ0) is 25.0. The minimum atomic E-state index is -3.91. The summed E-state index contributed by atoms with van der Waals surface area (Å²) in [6, 6.07) is 14.2. The highest BCUT2D eigenvalue weighted by Crippen LogP contribution is 2.34. The Bertz CT molecular complexity index is 1110. The standard InChI is InChI=1S/C25H31Cl2N3O4S/c1-28-14-15-29(23(16-28)19-8-3-2-4-9-19)24(31)18-34-17-20-10-5-6-13-30(20)35(32,33)25-21(26)11-7-12-22(25)27/h2-4,7-9,11-12,20,23H,5-6,10,13-18H2,1H3. The van der Waals surface area contributed by atoms with Crippen molar-refractivity contribution < 1.29 is 17.9 Å². The van der Waals surface area contributed by atoms with Crippen LogP contribution in [0.4, 0.5) is 0 Å². The molecule has 35 heavy (non-hydrogen) atoms. The van der Waals surface area contributed by atoms with E-state index in [2.05, 4.69) is 11.9 Å². The topological polar surface area (TPSA) is 70.2 Å². The van der Waals surface area contributed by atoms with Crippen LogP contribution in [0.5, 0.6) is 0 Å². The number of nitrogens with zero attached hydrogens (tertiary/aromatic N) is 3. The lowest BCUT2D eigenvalue weighted by atomic mass is 10.0. The average Bonchev–Trinajstić information content (AvgIpc) is 2.84. The Hall–Kier alpha value is -1.68. The van der Waals surface area contributed by atoms with Crippen molar-refractivity contribution in [3.05, 3.63) is 64.1 Å².